The van der Waals surface area contributed by atoms with Crippen LogP contribution in [0, 0.1) is 13.8 Å². The van der Waals surface area contributed by atoms with Crippen LogP contribution in [0.2, 0.25) is 0 Å². The van der Waals surface area contributed by atoms with Crippen molar-refractivity contribution in [2.24, 2.45) is 0 Å². The van der Waals surface area contributed by atoms with Gasteiger partial charge >= 0.3 is 15.5 Å². The number of halogens is 3. The summed E-state index contributed by atoms with van der Waals surface area (Å²) in [6.45, 7) is 3.28. The van der Waals surface area contributed by atoms with Crippen molar-refractivity contribution in [1.82, 2.24) is 9.97 Å². The van der Waals surface area contributed by atoms with E-state index in [-0.39, 0.29) is 11.0 Å². The highest BCUT2D eigenvalue weighted by Gasteiger charge is 2.50. The summed E-state index contributed by atoms with van der Waals surface area (Å²) < 4.78 is 60.0. The predicted molar refractivity (Wildman–Crippen MR) is 59.5 cm³/mol. The highest BCUT2D eigenvalue weighted by Crippen LogP contribution is 2.35. The monoisotopic (exact) mass is 278 g/mol. The molecule has 0 saturated carbocycles. The first-order valence-electron chi connectivity index (χ1n) is 4.93. The maximum atomic E-state index is 13.3. The second kappa shape index (κ2) is 3.71. The van der Waals surface area contributed by atoms with Crippen LogP contribution in [0.4, 0.5) is 12.7 Å². The van der Waals surface area contributed by atoms with E-state index < -0.39 is 21.3 Å². The molecule has 4 nitrogen and oxygen atoms in total. The fraction of sp³-hybridized carbons (Fsp3) is 0.300. The SMILES string of the molecule is Cc1ccc(C)c2[nH]c(C(F)(F)S(=O)(=O)F)nc12. The molecule has 18 heavy (non-hydrogen) atoms. The Balaban J connectivity index is 2.76. The van der Waals surface area contributed by atoms with Gasteiger partial charge in [0.2, 0.25) is 0 Å². The standard InChI is InChI=1S/C10H9F3N2O2S/c1-5-3-4-6(2)8-7(5)14-9(15-8)10(11,12)18(13,16)17/h3-4H,1-2H3,(H,14,15). The number of aromatic nitrogens is 2. The van der Waals surface area contributed by atoms with E-state index in [2.05, 4.69) is 9.97 Å². The van der Waals surface area contributed by atoms with Crippen molar-refractivity contribution in [3.63, 3.8) is 0 Å². The van der Waals surface area contributed by atoms with Gasteiger partial charge in [0.25, 0.3) is 0 Å². The fourth-order valence-corrected chi connectivity index (χ4v) is 1.94. The van der Waals surface area contributed by atoms with E-state index in [4.69, 9.17) is 0 Å². The zero-order chi connectivity index (χ0) is 13.7. The van der Waals surface area contributed by atoms with Gasteiger partial charge in [-0.3, -0.25) is 0 Å². The van der Waals surface area contributed by atoms with Crippen molar-refractivity contribution in [2.75, 3.05) is 0 Å². The molecule has 0 unspecified atom stereocenters. The lowest BCUT2D eigenvalue weighted by molar-refractivity contribution is 0.0755. The number of hydrogen-bond donors (Lipinski definition) is 1. The van der Waals surface area contributed by atoms with Gasteiger partial charge in [-0.05, 0) is 25.0 Å². The summed E-state index contributed by atoms with van der Waals surface area (Å²) in [7, 11) is -6.06. The van der Waals surface area contributed by atoms with E-state index in [1.165, 1.54) is 0 Å². The molecule has 0 bridgehead atoms. The van der Waals surface area contributed by atoms with Crippen LogP contribution in [0.1, 0.15) is 17.0 Å². The van der Waals surface area contributed by atoms with Crippen molar-refractivity contribution >= 4 is 21.3 Å². The summed E-state index contributed by atoms with van der Waals surface area (Å²) >= 11 is 0. The van der Waals surface area contributed by atoms with Gasteiger partial charge in [0.05, 0.1) is 11.0 Å². The van der Waals surface area contributed by atoms with Crippen molar-refractivity contribution in [2.45, 2.75) is 19.1 Å². The molecule has 0 aliphatic rings. The minimum absolute atomic E-state index is 0.202. The summed E-state index contributed by atoms with van der Waals surface area (Å²) in [5.41, 5.74) is 1.67. The van der Waals surface area contributed by atoms with Gasteiger partial charge in [0.1, 0.15) is 0 Å². The quantitative estimate of drug-likeness (QED) is 0.859. The van der Waals surface area contributed by atoms with E-state index in [9.17, 15) is 21.1 Å². The molecule has 0 saturated heterocycles. The van der Waals surface area contributed by atoms with Crippen LogP contribution in [0.15, 0.2) is 12.1 Å². The Bertz CT molecular complexity index is 683. The molecule has 0 amide bonds. The third kappa shape index (κ3) is 1.76. The molecule has 98 valence electrons. The lowest BCUT2D eigenvalue weighted by Crippen LogP contribution is -2.23. The Kier molecular flexibility index (Phi) is 2.65. The molecule has 2 aromatic rings. The zero-order valence-electron chi connectivity index (χ0n) is 9.46. The van der Waals surface area contributed by atoms with Crippen LogP contribution in [-0.4, -0.2) is 18.4 Å². The molecule has 1 aromatic carbocycles. The number of aromatic amines is 1. The number of H-pyrrole nitrogens is 1. The summed E-state index contributed by atoms with van der Waals surface area (Å²) in [5.74, 6) is -1.21. The van der Waals surface area contributed by atoms with Crippen molar-refractivity contribution in [3.8, 4) is 0 Å². The Hall–Kier alpha value is -1.57. The summed E-state index contributed by atoms with van der Waals surface area (Å²) in [6.07, 6.45) is 0. The summed E-state index contributed by atoms with van der Waals surface area (Å²) in [4.78, 5) is 5.66. The number of hydrogen-bond acceptors (Lipinski definition) is 3. The number of nitrogens with zero attached hydrogens (tertiary/aromatic N) is 1. The van der Waals surface area contributed by atoms with Gasteiger partial charge in [-0.1, -0.05) is 16.0 Å². The van der Waals surface area contributed by atoms with Crippen LogP contribution < -0.4 is 0 Å². The average Bonchev–Trinajstić information content (AvgIpc) is 2.68. The number of nitrogens with one attached hydrogen (secondary N) is 1. The molecule has 0 aliphatic carbocycles. The molecule has 1 aromatic heterocycles. The maximum absolute atomic E-state index is 13.3. The molecular weight excluding hydrogens is 269 g/mol. The van der Waals surface area contributed by atoms with Gasteiger partial charge in [-0.15, -0.1) is 0 Å². The van der Waals surface area contributed by atoms with E-state index >= 15 is 0 Å². The van der Waals surface area contributed by atoms with Crippen LogP contribution in [0.3, 0.4) is 0 Å². The minimum Gasteiger partial charge on any atom is -0.336 e. The number of benzene rings is 1. The van der Waals surface area contributed by atoms with Crippen LogP contribution >= 0.6 is 0 Å². The van der Waals surface area contributed by atoms with E-state index in [1.807, 2.05) is 0 Å². The topological polar surface area (TPSA) is 62.8 Å². The summed E-state index contributed by atoms with van der Waals surface area (Å²) in [5, 5.41) is -4.68. The fourth-order valence-electron chi connectivity index (χ4n) is 1.61. The smallest absolute Gasteiger partial charge is 0.336 e. The first-order valence-corrected chi connectivity index (χ1v) is 6.31. The molecule has 8 heteroatoms. The zero-order valence-corrected chi connectivity index (χ0v) is 10.3. The average molecular weight is 278 g/mol. The molecule has 0 fully saturated rings. The highest BCUT2D eigenvalue weighted by molar-refractivity contribution is 7.87. The molecule has 2 rings (SSSR count). The largest absolute Gasteiger partial charge is 0.430 e. The Labute approximate surface area is 101 Å². The molecule has 0 aliphatic heterocycles. The Morgan fingerprint density at radius 1 is 1.22 bits per heavy atom. The molecule has 0 spiro atoms. The lowest BCUT2D eigenvalue weighted by Gasteiger charge is -2.06. The van der Waals surface area contributed by atoms with Crippen molar-refractivity contribution in [3.05, 3.63) is 29.1 Å². The van der Waals surface area contributed by atoms with Gasteiger partial charge in [0, 0.05) is 0 Å². The Morgan fingerprint density at radius 3 is 2.28 bits per heavy atom. The van der Waals surface area contributed by atoms with E-state index in [0.29, 0.717) is 11.1 Å². The maximum Gasteiger partial charge on any atom is 0.430 e. The van der Waals surface area contributed by atoms with Crippen LogP contribution in [-0.2, 0) is 15.5 Å². The van der Waals surface area contributed by atoms with Crippen molar-refractivity contribution in [1.29, 1.82) is 0 Å². The molecule has 1 N–H and O–H groups in total. The van der Waals surface area contributed by atoms with Gasteiger partial charge in [-0.25, -0.2) is 4.98 Å². The van der Waals surface area contributed by atoms with Crippen molar-refractivity contribution < 1.29 is 21.1 Å². The second-order valence-corrected chi connectivity index (χ2v) is 5.35. The van der Waals surface area contributed by atoms with E-state index in [1.54, 1.807) is 26.0 Å². The first kappa shape index (κ1) is 12.9. The van der Waals surface area contributed by atoms with E-state index in [0.717, 1.165) is 0 Å². The Morgan fingerprint density at radius 2 is 1.78 bits per heavy atom. The van der Waals surface area contributed by atoms with Gasteiger partial charge in [-0.2, -0.15) is 17.2 Å². The predicted octanol–water partition coefficient (Wildman–Crippen LogP) is 2.53. The number of rotatable bonds is 2. The molecule has 1 heterocycles. The van der Waals surface area contributed by atoms with Gasteiger partial charge < -0.3 is 4.98 Å². The summed E-state index contributed by atoms with van der Waals surface area (Å²) in [6, 6.07) is 3.33. The third-order valence-corrected chi connectivity index (χ3v) is 3.44. The molecule has 0 atom stereocenters. The van der Waals surface area contributed by atoms with Crippen LogP contribution in [0.5, 0.6) is 0 Å². The normalized spacial score (nSPS) is 13.2. The second-order valence-electron chi connectivity index (χ2n) is 3.96. The number of alkyl halides is 2. The molecular formula is C10H9F3N2O2S. The van der Waals surface area contributed by atoms with Crippen LogP contribution in [0.25, 0.3) is 11.0 Å². The third-order valence-electron chi connectivity index (χ3n) is 2.64. The number of fused-ring (bicyclic) bond motifs is 1. The number of imidazole rings is 1. The highest BCUT2D eigenvalue weighted by atomic mass is 32.3. The first-order chi connectivity index (χ1) is 8.14. The minimum atomic E-state index is -6.06. The van der Waals surface area contributed by atoms with Gasteiger partial charge in [0.15, 0.2) is 5.82 Å². The lowest BCUT2D eigenvalue weighted by atomic mass is 10.1. The molecule has 0 radical (unpaired) electrons. The number of aryl methyl sites for hydroxylation is 2.